The topological polar surface area (TPSA) is 135 Å². The van der Waals surface area contributed by atoms with E-state index in [1.54, 1.807) is 0 Å². The van der Waals surface area contributed by atoms with Crippen molar-refractivity contribution in [3.05, 3.63) is 0 Å². The molecule has 0 fully saturated rings. The summed E-state index contributed by atoms with van der Waals surface area (Å²) < 4.78 is 22.3. The smallest absolute Gasteiger partial charge is 0.367 e. The maximum atomic E-state index is 11.1. The van der Waals surface area contributed by atoms with Gasteiger partial charge in [-0.3, -0.25) is 9.13 Å². The van der Waals surface area contributed by atoms with Crippen LogP contribution in [0.25, 0.3) is 0 Å². The van der Waals surface area contributed by atoms with Crippen LogP contribution in [0.1, 0.15) is 27.7 Å². The average molecular weight is 290 g/mol. The molecule has 0 bridgehead atoms. The first kappa shape index (κ1) is 19.7. The Morgan fingerprint density at radius 1 is 0.941 bits per heavy atom. The van der Waals surface area contributed by atoms with Gasteiger partial charge >= 0.3 is 15.2 Å². The third-order valence-corrected chi connectivity index (χ3v) is 6.79. The maximum absolute atomic E-state index is 11.1. The molecule has 0 aromatic carbocycles. The molecule has 0 aliphatic rings. The van der Waals surface area contributed by atoms with Crippen LogP contribution >= 0.6 is 15.2 Å². The van der Waals surface area contributed by atoms with Crippen LogP contribution in [0.15, 0.2) is 0 Å². The van der Waals surface area contributed by atoms with Gasteiger partial charge in [0.25, 0.3) is 5.08 Å². The van der Waals surface area contributed by atoms with Gasteiger partial charge in [-0.25, -0.2) is 0 Å². The summed E-state index contributed by atoms with van der Waals surface area (Å²) in [7, 11) is -10.7. The summed E-state index contributed by atoms with van der Waals surface area (Å²) in [5.41, 5.74) is -0.878. The predicted octanol–water partition coefficient (Wildman–Crippen LogP) is -0.514. The molecule has 0 spiro atoms. The van der Waals surface area contributed by atoms with Crippen LogP contribution in [-0.2, 0) is 9.13 Å². The van der Waals surface area contributed by atoms with E-state index in [9.17, 15) is 14.2 Å². The first-order valence-electron chi connectivity index (χ1n) is 4.49. The normalized spacial score (nSPS) is 16.3. The van der Waals surface area contributed by atoms with Gasteiger partial charge in [-0.2, -0.15) is 0 Å². The lowest BCUT2D eigenvalue weighted by Crippen LogP contribution is -2.42. The minimum Gasteiger partial charge on any atom is -0.367 e. The van der Waals surface area contributed by atoms with Crippen LogP contribution in [0.5, 0.6) is 0 Å². The fraction of sp³-hybridized carbons (Fsp3) is 1.00. The van der Waals surface area contributed by atoms with Crippen molar-refractivity contribution < 1.29 is 33.8 Å². The Morgan fingerprint density at radius 2 is 1.18 bits per heavy atom. The lowest BCUT2D eigenvalue weighted by Gasteiger charge is -2.41. The highest BCUT2D eigenvalue weighted by Gasteiger charge is 2.64. The number of aliphatic hydroxyl groups is 1. The number of rotatable bonds is 3. The molecule has 0 aliphatic carbocycles. The molecule has 10 heteroatoms. The highest BCUT2D eigenvalue weighted by molar-refractivity contribution is 7.72. The zero-order valence-corrected chi connectivity index (χ0v) is 11.3. The first-order chi connectivity index (χ1) is 6.65. The van der Waals surface area contributed by atoms with Crippen molar-refractivity contribution in [3.63, 3.8) is 0 Å². The lowest BCUT2D eigenvalue weighted by molar-refractivity contribution is 0.0356. The zero-order chi connectivity index (χ0) is 13.6. The Kier molecular flexibility index (Phi) is 5.94. The largest absolute Gasteiger partial charge is 0.369 e. The Morgan fingerprint density at radius 3 is 1.24 bits per heavy atom. The fourth-order valence-electron chi connectivity index (χ4n) is 1.26. The second-order valence-electron chi connectivity index (χ2n) is 4.86. The van der Waals surface area contributed by atoms with Gasteiger partial charge in [0.05, 0.1) is 8.41 Å². The molecule has 0 radical (unpaired) electrons. The van der Waals surface area contributed by atoms with Crippen molar-refractivity contribution >= 4 is 23.6 Å². The molecule has 1 atom stereocenters. The highest BCUT2D eigenvalue weighted by atomic mass is 31.2. The van der Waals surface area contributed by atoms with E-state index >= 15 is 0 Å². The standard InChI is InChI=1S/C7H18O7P2.BH3/c1-5(6(2,3)4)7(8,15(9,10)11)16(12,13)14;/h5,8H,1-4H3,(H2,9,10,11)(H2,12,13,14);1H3. The van der Waals surface area contributed by atoms with E-state index in [0.717, 1.165) is 0 Å². The summed E-state index contributed by atoms with van der Waals surface area (Å²) in [4.78, 5) is 35.9. The van der Waals surface area contributed by atoms with Crippen LogP contribution in [0.2, 0.25) is 0 Å². The Bertz CT molecular complexity index is 330. The third-order valence-electron chi connectivity index (χ3n) is 2.74. The Hall–Kier alpha value is 0.325. The van der Waals surface area contributed by atoms with Gasteiger partial charge in [-0.15, -0.1) is 0 Å². The van der Waals surface area contributed by atoms with E-state index in [1.165, 1.54) is 27.7 Å². The Balaban J connectivity index is 0. The van der Waals surface area contributed by atoms with Gasteiger partial charge < -0.3 is 24.7 Å². The molecule has 0 heterocycles. The lowest BCUT2D eigenvalue weighted by atomic mass is 9.82. The molecule has 7 nitrogen and oxygen atoms in total. The van der Waals surface area contributed by atoms with Crippen molar-refractivity contribution in [2.24, 2.45) is 11.3 Å². The van der Waals surface area contributed by atoms with Crippen molar-refractivity contribution in [2.75, 3.05) is 0 Å². The van der Waals surface area contributed by atoms with E-state index in [-0.39, 0.29) is 8.41 Å². The minimum absolute atomic E-state index is 0. The Labute approximate surface area is 102 Å². The van der Waals surface area contributed by atoms with Gasteiger partial charge in [0.1, 0.15) is 0 Å². The van der Waals surface area contributed by atoms with Crippen molar-refractivity contribution in [1.82, 2.24) is 0 Å². The van der Waals surface area contributed by atoms with E-state index < -0.39 is 31.6 Å². The molecule has 0 aromatic rings. The molecule has 17 heavy (non-hydrogen) atoms. The zero-order valence-electron chi connectivity index (χ0n) is 9.52. The maximum Gasteiger partial charge on any atom is 0.369 e. The summed E-state index contributed by atoms with van der Waals surface area (Å²) in [6.07, 6.45) is 0. The third kappa shape index (κ3) is 3.64. The second kappa shape index (κ2) is 5.13. The number of hydrogen-bond donors (Lipinski definition) is 5. The van der Waals surface area contributed by atoms with Gasteiger partial charge in [0.15, 0.2) is 0 Å². The molecule has 0 saturated heterocycles. The molecular weight excluding hydrogens is 269 g/mol. The first-order valence-corrected chi connectivity index (χ1v) is 7.72. The number of hydrogen-bond acceptors (Lipinski definition) is 3. The summed E-state index contributed by atoms with van der Waals surface area (Å²) in [5.74, 6) is -1.29. The quantitative estimate of drug-likeness (QED) is 0.349. The van der Waals surface area contributed by atoms with Crippen LogP contribution in [0.4, 0.5) is 0 Å². The molecule has 0 amide bonds. The predicted molar refractivity (Wildman–Crippen MR) is 67.6 cm³/mol. The monoisotopic (exact) mass is 290 g/mol. The molecule has 1 unspecified atom stereocenters. The molecule has 0 rings (SSSR count). The summed E-state index contributed by atoms with van der Waals surface area (Å²) in [6.45, 7) is 5.76. The van der Waals surface area contributed by atoms with Crippen molar-refractivity contribution in [3.8, 4) is 0 Å². The van der Waals surface area contributed by atoms with E-state index in [4.69, 9.17) is 19.6 Å². The molecule has 104 valence electrons. The summed E-state index contributed by atoms with van der Waals surface area (Å²) >= 11 is 0. The van der Waals surface area contributed by atoms with Crippen LogP contribution < -0.4 is 0 Å². The van der Waals surface area contributed by atoms with Gasteiger partial charge in [0, 0.05) is 5.92 Å². The molecule has 0 aliphatic heterocycles. The summed E-state index contributed by atoms with van der Waals surface area (Å²) in [6, 6.07) is 0. The van der Waals surface area contributed by atoms with Crippen LogP contribution in [-0.4, -0.2) is 38.2 Å². The van der Waals surface area contributed by atoms with Gasteiger partial charge in [0.2, 0.25) is 0 Å². The van der Waals surface area contributed by atoms with Gasteiger partial charge in [-0.1, -0.05) is 27.7 Å². The SMILES string of the molecule is B.CC(C(C)(C)C)C(O)(P(=O)(O)O)P(=O)(O)O. The molecule has 5 N–H and O–H groups in total. The van der Waals surface area contributed by atoms with Crippen molar-refractivity contribution in [1.29, 1.82) is 0 Å². The molecular formula is C7H21BO7P2. The second-order valence-corrected chi connectivity index (χ2v) is 8.76. The molecule has 0 saturated carbocycles. The molecule has 0 aromatic heterocycles. The summed E-state index contributed by atoms with van der Waals surface area (Å²) in [5, 5.41) is 6.41. The van der Waals surface area contributed by atoms with Gasteiger partial charge in [-0.05, 0) is 5.41 Å². The van der Waals surface area contributed by atoms with Crippen LogP contribution in [0.3, 0.4) is 0 Å². The average Bonchev–Trinajstić information content (AvgIpc) is 1.95. The highest BCUT2D eigenvalue weighted by Crippen LogP contribution is 2.72. The van der Waals surface area contributed by atoms with Crippen LogP contribution in [0, 0.1) is 11.3 Å². The minimum atomic E-state index is -5.37. The van der Waals surface area contributed by atoms with E-state index in [1.807, 2.05) is 0 Å². The van der Waals surface area contributed by atoms with Crippen molar-refractivity contribution in [2.45, 2.75) is 32.8 Å². The fourth-order valence-corrected chi connectivity index (χ4v) is 4.40. The van der Waals surface area contributed by atoms with E-state index in [0.29, 0.717) is 0 Å². The van der Waals surface area contributed by atoms with E-state index in [2.05, 4.69) is 0 Å².